The number of aliphatic hydroxyl groups excluding tert-OH is 1. The number of amides is 1. The van der Waals surface area contributed by atoms with Gasteiger partial charge >= 0.3 is 0 Å². The first-order valence-corrected chi connectivity index (χ1v) is 11.0. The van der Waals surface area contributed by atoms with Gasteiger partial charge in [-0.2, -0.15) is 0 Å². The van der Waals surface area contributed by atoms with Crippen molar-refractivity contribution < 1.29 is 29.0 Å². The summed E-state index contributed by atoms with van der Waals surface area (Å²) in [5.41, 5.74) is 2.81. The summed E-state index contributed by atoms with van der Waals surface area (Å²) in [6, 6.07) is 10.6. The first kappa shape index (κ1) is 23.2. The molecule has 1 atom stereocenters. The molecule has 1 unspecified atom stereocenters. The van der Waals surface area contributed by atoms with Gasteiger partial charge in [0.15, 0.2) is 0 Å². The molecule has 7 heteroatoms. The van der Waals surface area contributed by atoms with Crippen LogP contribution in [0, 0.1) is 13.8 Å². The summed E-state index contributed by atoms with van der Waals surface area (Å²) in [6.07, 6.45) is 1.43. The summed E-state index contributed by atoms with van der Waals surface area (Å²) in [5.74, 6) is -1.13. The van der Waals surface area contributed by atoms with Crippen molar-refractivity contribution in [1.29, 1.82) is 0 Å². The molecule has 7 nitrogen and oxygen atoms in total. The Hall–Kier alpha value is -4.00. The lowest BCUT2D eigenvalue weighted by Gasteiger charge is -2.24. The largest absolute Gasteiger partial charge is 0.507 e. The molecule has 0 aliphatic carbocycles. The lowest BCUT2D eigenvalue weighted by molar-refractivity contribution is -0.132. The number of ketones is 1. The summed E-state index contributed by atoms with van der Waals surface area (Å²) in [6.45, 7) is 7.61. The van der Waals surface area contributed by atoms with Gasteiger partial charge in [0, 0.05) is 5.56 Å². The van der Waals surface area contributed by atoms with Crippen molar-refractivity contribution in [3.05, 3.63) is 82.3 Å². The molecule has 0 spiro atoms. The summed E-state index contributed by atoms with van der Waals surface area (Å²) in [5, 5.41) is 22.0. The molecule has 0 saturated carbocycles. The molecule has 176 valence electrons. The molecule has 1 aliphatic rings. The monoisotopic (exact) mass is 461 g/mol. The van der Waals surface area contributed by atoms with Gasteiger partial charge in [-0.25, -0.2) is 0 Å². The number of aromatic hydroxyl groups is 1. The van der Waals surface area contributed by atoms with Gasteiger partial charge in [0.25, 0.3) is 11.7 Å². The number of aliphatic hydroxyl groups is 1. The Morgan fingerprint density at radius 2 is 1.85 bits per heavy atom. The Balaban J connectivity index is 1.98. The van der Waals surface area contributed by atoms with Crippen LogP contribution >= 0.6 is 0 Å². The maximum absolute atomic E-state index is 13.3. The number of aryl methyl sites for hydroxylation is 2. The minimum atomic E-state index is -1.05. The van der Waals surface area contributed by atoms with Gasteiger partial charge in [0.05, 0.1) is 24.6 Å². The third-order valence-corrected chi connectivity index (χ3v) is 6.10. The van der Waals surface area contributed by atoms with Crippen LogP contribution in [0.3, 0.4) is 0 Å². The van der Waals surface area contributed by atoms with Crippen LogP contribution in [-0.2, 0) is 9.59 Å². The molecular formula is C27H27NO6. The number of hydrogen-bond acceptors (Lipinski definition) is 6. The smallest absolute Gasteiger partial charge is 0.300 e. The van der Waals surface area contributed by atoms with Crippen LogP contribution in [0.15, 0.2) is 58.7 Å². The van der Waals surface area contributed by atoms with Crippen LogP contribution in [-0.4, -0.2) is 29.0 Å². The highest BCUT2D eigenvalue weighted by atomic mass is 16.5. The highest BCUT2D eigenvalue weighted by Crippen LogP contribution is 2.45. The van der Waals surface area contributed by atoms with Gasteiger partial charge in [0.1, 0.15) is 29.1 Å². The zero-order chi connectivity index (χ0) is 24.7. The lowest BCUT2D eigenvalue weighted by Crippen LogP contribution is -2.29. The fourth-order valence-electron chi connectivity index (χ4n) is 4.35. The fourth-order valence-corrected chi connectivity index (χ4v) is 4.35. The maximum Gasteiger partial charge on any atom is 0.300 e. The molecule has 1 aliphatic heterocycles. The number of phenols is 1. The summed E-state index contributed by atoms with van der Waals surface area (Å²) in [7, 11) is 1.58. The molecule has 4 rings (SSSR count). The number of methoxy groups -OCH3 is 1. The number of rotatable bonds is 5. The van der Waals surface area contributed by atoms with E-state index in [4.69, 9.17) is 9.15 Å². The number of nitrogens with zero attached hydrogens (tertiary/aromatic N) is 1. The number of anilines is 1. The Bertz CT molecular complexity index is 1300. The molecule has 1 aromatic heterocycles. The van der Waals surface area contributed by atoms with Crippen LogP contribution < -0.4 is 9.64 Å². The van der Waals surface area contributed by atoms with Gasteiger partial charge in [0.2, 0.25) is 0 Å². The van der Waals surface area contributed by atoms with E-state index < -0.39 is 17.7 Å². The van der Waals surface area contributed by atoms with Crippen LogP contribution in [0.25, 0.3) is 5.76 Å². The van der Waals surface area contributed by atoms with Crippen LogP contribution in [0.2, 0.25) is 0 Å². The number of ether oxygens (including phenoxy) is 1. The quantitative estimate of drug-likeness (QED) is 0.301. The van der Waals surface area contributed by atoms with E-state index in [1.54, 1.807) is 50.4 Å². The van der Waals surface area contributed by atoms with Gasteiger partial charge in [-0.05, 0) is 72.9 Å². The Morgan fingerprint density at radius 1 is 1.12 bits per heavy atom. The fraction of sp³-hybridized carbons (Fsp3) is 0.259. The Morgan fingerprint density at radius 3 is 2.47 bits per heavy atom. The summed E-state index contributed by atoms with van der Waals surface area (Å²) in [4.78, 5) is 27.7. The van der Waals surface area contributed by atoms with E-state index in [1.165, 1.54) is 17.2 Å². The molecular weight excluding hydrogens is 434 g/mol. The third kappa shape index (κ3) is 3.73. The highest BCUT2D eigenvalue weighted by Gasteiger charge is 2.49. The molecule has 1 saturated heterocycles. The Labute approximate surface area is 197 Å². The lowest BCUT2D eigenvalue weighted by atomic mass is 9.92. The average molecular weight is 462 g/mol. The van der Waals surface area contributed by atoms with E-state index in [2.05, 4.69) is 0 Å². The van der Waals surface area contributed by atoms with Gasteiger partial charge in [-0.1, -0.05) is 19.9 Å². The van der Waals surface area contributed by atoms with E-state index >= 15 is 0 Å². The zero-order valence-electron chi connectivity index (χ0n) is 19.7. The average Bonchev–Trinajstić information content (AvgIpc) is 3.41. The van der Waals surface area contributed by atoms with Crippen molar-refractivity contribution in [3.63, 3.8) is 0 Å². The minimum absolute atomic E-state index is 0.0922. The highest BCUT2D eigenvalue weighted by molar-refractivity contribution is 6.51. The van der Waals surface area contributed by atoms with Crippen LogP contribution in [0.5, 0.6) is 11.5 Å². The Kier molecular flexibility index (Phi) is 5.96. The minimum Gasteiger partial charge on any atom is -0.507 e. The molecule has 2 N–H and O–H groups in total. The summed E-state index contributed by atoms with van der Waals surface area (Å²) >= 11 is 0. The number of furan rings is 1. The predicted octanol–water partition coefficient (Wildman–Crippen LogP) is 5.36. The van der Waals surface area contributed by atoms with Gasteiger partial charge < -0.3 is 19.4 Å². The number of benzene rings is 2. The van der Waals surface area contributed by atoms with E-state index in [9.17, 15) is 19.8 Å². The topological polar surface area (TPSA) is 100 Å². The number of phenolic OH excluding ortho intramolecular Hbond substituents is 1. The van der Waals surface area contributed by atoms with E-state index in [-0.39, 0.29) is 34.4 Å². The standard InChI is InChI=1S/C27H27NO6/c1-14(2)17-13-18(16(4)12-22(17)33-5)25(30)23-24(21-7-6-10-34-21)28(27(32)26(23)31)19-11-15(3)8-9-20(19)29/h6-14,24,29-30H,1-5H3/b25-23+. The summed E-state index contributed by atoms with van der Waals surface area (Å²) < 4.78 is 11.1. The second-order valence-electron chi connectivity index (χ2n) is 8.74. The molecule has 34 heavy (non-hydrogen) atoms. The number of Topliss-reactive ketones (excluding diaryl/α,β-unsaturated/α-hetero) is 1. The van der Waals surface area contributed by atoms with E-state index in [0.29, 0.717) is 16.9 Å². The van der Waals surface area contributed by atoms with Crippen LogP contribution in [0.4, 0.5) is 5.69 Å². The van der Waals surface area contributed by atoms with Gasteiger partial charge in [-0.15, -0.1) is 0 Å². The zero-order valence-corrected chi connectivity index (χ0v) is 19.7. The molecule has 0 bridgehead atoms. The van der Waals surface area contributed by atoms with Crippen molar-refractivity contribution in [2.75, 3.05) is 12.0 Å². The van der Waals surface area contributed by atoms with Crippen molar-refractivity contribution >= 4 is 23.1 Å². The van der Waals surface area contributed by atoms with E-state index in [0.717, 1.165) is 11.1 Å². The first-order chi connectivity index (χ1) is 16.1. The predicted molar refractivity (Wildman–Crippen MR) is 128 cm³/mol. The molecule has 3 aromatic rings. The van der Waals surface area contributed by atoms with Crippen molar-refractivity contribution in [2.24, 2.45) is 0 Å². The molecule has 2 aromatic carbocycles. The SMILES string of the molecule is COc1cc(C)c(/C(O)=C2\C(=O)C(=O)N(c3cc(C)ccc3O)C2c2ccco2)cc1C(C)C. The maximum atomic E-state index is 13.3. The second-order valence-corrected chi connectivity index (χ2v) is 8.74. The molecule has 1 amide bonds. The normalized spacial score (nSPS) is 17.6. The van der Waals surface area contributed by atoms with Crippen molar-refractivity contribution in [1.82, 2.24) is 0 Å². The molecule has 2 heterocycles. The first-order valence-electron chi connectivity index (χ1n) is 11.0. The second kappa shape index (κ2) is 8.74. The van der Waals surface area contributed by atoms with E-state index in [1.807, 2.05) is 20.8 Å². The number of carbonyl (C=O) groups excluding carboxylic acids is 2. The third-order valence-electron chi connectivity index (χ3n) is 6.10. The molecule has 0 radical (unpaired) electrons. The number of carbonyl (C=O) groups is 2. The van der Waals surface area contributed by atoms with Crippen molar-refractivity contribution in [2.45, 2.75) is 39.7 Å². The van der Waals surface area contributed by atoms with Crippen molar-refractivity contribution in [3.8, 4) is 11.5 Å². The molecule has 1 fully saturated rings. The number of hydrogen-bond donors (Lipinski definition) is 2. The van der Waals surface area contributed by atoms with Crippen LogP contribution in [0.1, 0.15) is 53.8 Å². The van der Waals surface area contributed by atoms with Gasteiger partial charge in [-0.3, -0.25) is 14.5 Å².